The molecule has 2 aliphatic rings. The van der Waals surface area contributed by atoms with Gasteiger partial charge in [-0.05, 0) is 18.6 Å². The van der Waals surface area contributed by atoms with Crippen LogP contribution in [0.3, 0.4) is 0 Å². The molecule has 130 valence electrons. The summed E-state index contributed by atoms with van der Waals surface area (Å²) in [7, 11) is 0. The normalized spacial score (nSPS) is 19.0. The van der Waals surface area contributed by atoms with E-state index in [9.17, 15) is 9.59 Å². The molecule has 0 bridgehead atoms. The predicted octanol–water partition coefficient (Wildman–Crippen LogP) is 0.714. The fourth-order valence-corrected chi connectivity index (χ4v) is 2.76. The molecule has 0 saturated carbocycles. The van der Waals surface area contributed by atoms with Gasteiger partial charge in [0.2, 0.25) is 12.7 Å². The quantitative estimate of drug-likeness (QED) is 0.774. The Labute approximate surface area is 140 Å². The van der Waals surface area contributed by atoms with Gasteiger partial charge in [0, 0.05) is 19.2 Å². The lowest BCUT2D eigenvalue weighted by Gasteiger charge is -2.34. The van der Waals surface area contributed by atoms with Crippen LogP contribution in [0.5, 0.6) is 17.2 Å². The summed E-state index contributed by atoms with van der Waals surface area (Å²) in [6, 6.07) is 4.68. The lowest BCUT2D eigenvalue weighted by molar-refractivity contribution is -0.127. The average molecular weight is 335 g/mol. The van der Waals surface area contributed by atoms with Gasteiger partial charge in [-0.2, -0.15) is 0 Å². The van der Waals surface area contributed by atoms with Crippen LogP contribution in [0.25, 0.3) is 0 Å². The summed E-state index contributed by atoms with van der Waals surface area (Å²) in [5.74, 6) is 1.90. The number of urea groups is 1. The van der Waals surface area contributed by atoms with Crippen LogP contribution in [0.1, 0.15) is 13.3 Å². The fourth-order valence-electron chi connectivity index (χ4n) is 2.76. The minimum atomic E-state index is -0.409. The number of rotatable bonds is 5. The van der Waals surface area contributed by atoms with Gasteiger partial charge in [0.15, 0.2) is 11.5 Å². The number of hydrogen-bond donors (Lipinski definition) is 2. The van der Waals surface area contributed by atoms with Gasteiger partial charge in [-0.1, -0.05) is 6.92 Å². The first kappa shape index (κ1) is 16.2. The van der Waals surface area contributed by atoms with E-state index in [2.05, 4.69) is 10.6 Å². The molecule has 3 amide bonds. The van der Waals surface area contributed by atoms with E-state index in [4.69, 9.17) is 14.2 Å². The van der Waals surface area contributed by atoms with Gasteiger partial charge in [-0.25, -0.2) is 4.79 Å². The van der Waals surface area contributed by atoms with Crippen molar-refractivity contribution < 1.29 is 23.8 Å². The zero-order valence-electron chi connectivity index (χ0n) is 13.5. The number of fused-ring (bicyclic) bond motifs is 1. The minimum Gasteiger partial charge on any atom is -0.492 e. The van der Waals surface area contributed by atoms with Crippen molar-refractivity contribution in [3.05, 3.63) is 18.2 Å². The van der Waals surface area contributed by atoms with Crippen molar-refractivity contribution >= 4 is 11.9 Å². The highest BCUT2D eigenvalue weighted by molar-refractivity contribution is 5.88. The molecule has 2 N–H and O–H groups in total. The number of ether oxygens (including phenoxy) is 3. The SMILES string of the molecule is CC[C@@H]1C(=O)NCCN1C(=O)NCCOc1ccc2c(c1)OCO2. The van der Waals surface area contributed by atoms with Crippen LogP contribution in [0.15, 0.2) is 18.2 Å². The highest BCUT2D eigenvalue weighted by Crippen LogP contribution is 2.34. The minimum absolute atomic E-state index is 0.101. The van der Waals surface area contributed by atoms with Crippen LogP contribution in [-0.2, 0) is 4.79 Å². The third-order valence-electron chi connectivity index (χ3n) is 3.97. The summed E-state index contributed by atoms with van der Waals surface area (Å²) in [5, 5.41) is 5.56. The summed E-state index contributed by atoms with van der Waals surface area (Å²) in [4.78, 5) is 25.6. The maximum Gasteiger partial charge on any atom is 0.318 e. The third kappa shape index (κ3) is 3.47. The van der Waals surface area contributed by atoms with Gasteiger partial charge in [0.25, 0.3) is 0 Å². The van der Waals surface area contributed by atoms with E-state index in [1.54, 1.807) is 23.1 Å². The molecule has 0 aromatic heterocycles. The molecule has 1 aromatic carbocycles. The zero-order chi connectivity index (χ0) is 16.9. The largest absolute Gasteiger partial charge is 0.492 e. The Kier molecular flexibility index (Phi) is 4.93. The molecule has 3 rings (SSSR count). The van der Waals surface area contributed by atoms with E-state index in [-0.39, 0.29) is 18.7 Å². The van der Waals surface area contributed by atoms with Crippen LogP contribution < -0.4 is 24.8 Å². The fraction of sp³-hybridized carbons (Fsp3) is 0.500. The van der Waals surface area contributed by atoms with Gasteiger partial charge in [0.1, 0.15) is 18.4 Å². The van der Waals surface area contributed by atoms with E-state index in [0.717, 1.165) is 0 Å². The summed E-state index contributed by atoms with van der Waals surface area (Å²) >= 11 is 0. The molecule has 8 heteroatoms. The summed E-state index contributed by atoms with van der Waals surface area (Å²) in [6.45, 7) is 3.77. The first-order valence-electron chi connectivity index (χ1n) is 8.03. The standard InChI is InChI=1S/C16H21N3O5/c1-2-12-15(20)17-5-7-19(12)16(21)18-6-8-22-11-3-4-13-14(9-11)24-10-23-13/h3-4,9,12H,2,5-8,10H2,1H3,(H,17,20)(H,18,21)/t12-/m1/s1. The zero-order valence-corrected chi connectivity index (χ0v) is 13.5. The number of nitrogens with zero attached hydrogens (tertiary/aromatic N) is 1. The number of benzene rings is 1. The molecule has 0 spiro atoms. The first-order chi connectivity index (χ1) is 11.7. The number of nitrogens with one attached hydrogen (secondary N) is 2. The van der Waals surface area contributed by atoms with E-state index in [1.165, 1.54) is 0 Å². The monoisotopic (exact) mass is 335 g/mol. The Hall–Kier alpha value is -2.64. The Balaban J connectivity index is 1.44. The molecule has 2 aliphatic heterocycles. The van der Waals surface area contributed by atoms with Gasteiger partial charge in [-0.15, -0.1) is 0 Å². The van der Waals surface area contributed by atoms with Crippen molar-refractivity contribution in [3.8, 4) is 17.2 Å². The number of piperazine rings is 1. The van der Waals surface area contributed by atoms with Crippen LogP contribution in [-0.4, -0.2) is 55.9 Å². The van der Waals surface area contributed by atoms with Crippen LogP contribution in [0.4, 0.5) is 4.79 Å². The molecular formula is C16H21N3O5. The smallest absolute Gasteiger partial charge is 0.318 e. The average Bonchev–Trinajstić information content (AvgIpc) is 3.06. The van der Waals surface area contributed by atoms with E-state index >= 15 is 0 Å². The summed E-state index contributed by atoms with van der Waals surface area (Å²) < 4.78 is 16.1. The second-order valence-electron chi connectivity index (χ2n) is 5.50. The van der Waals surface area contributed by atoms with Crippen LogP contribution in [0.2, 0.25) is 0 Å². The number of hydrogen-bond acceptors (Lipinski definition) is 5. The number of amides is 3. The molecule has 8 nitrogen and oxygen atoms in total. The number of carbonyl (C=O) groups is 2. The van der Waals surface area contributed by atoms with Gasteiger partial charge in [0.05, 0.1) is 6.54 Å². The maximum absolute atomic E-state index is 12.2. The Bertz CT molecular complexity index is 622. The predicted molar refractivity (Wildman–Crippen MR) is 85.3 cm³/mol. The lowest BCUT2D eigenvalue weighted by atomic mass is 10.1. The summed E-state index contributed by atoms with van der Waals surface area (Å²) in [6.07, 6.45) is 0.590. The van der Waals surface area contributed by atoms with Crippen molar-refractivity contribution in [3.63, 3.8) is 0 Å². The number of carbonyl (C=O) groups excluding carboxylic acids is 2. The van der Waals surface area contributed by atoms with Crippen molar-refractivity contribution in [2.45, 2.75) is 19.4 Å². The second-order valence-corrected chi connectivity index (χ2v) is 5.50. The Morgan fingerprint density at radius 3 is 3.08 bits per heavy atom. The highest BCUT2D eigenvalue weighted by Gasteiger charge is 2.31. The molecule has 1 atom stereocenters. The van der Waals surface area contributed by atoms with Crippen molar-refractivity contribution in [1.82, 2.24) is 15.5 Å². The molecular weight excluding hydrogens is 314 g/mol. The van der Waals surface area contributed by atoms with Crippen LogP contribution in [0, 0.1) is 0 Å². The van der Waals surface area contributed by atoms with E-state index in [0.29, 0.717) is 49.9 Å². The summed E-state index contributed by atoms with van der Waals surface area (Å²) in [5.41, 5.74) is 0. The molecule has 2 heterocycles. The lowest BCUT2D eigenvalue weighted by Crippen LogP contribution is -2.59. The van der Waals surface area contributed by atoms with Crippen molar-refractivity contribution in [2.75, 3.05) is 33.0 Å². The Morgan fingerprint density at radius 1 is 1.42 bits per heavy atom. The molecule has 0 radical (unpaired) electrons. The molecule has 0 aliphatic carbocycles. The van der Waals surface area contributed by atoms with E-state index in [1.807, 2.05) is 6.92 Å². The van der Waals surface area contributed by atoms with Gasteiger partial charge >= 0.3 is 6.03 Å². The van der Waals surface area contributed by atoms with E-state index < -0.39 is 6.04 Å². The van der Waals surface area contributed by atoms with Crippen molar-refractivity contribution in [1.29, 1.82) is 0 Å². The molecule has 24 heavy (non-hydrogen) atoms. The van der Waals surface area contributed by atoms with Gasteiger partial charge < -0.3 is 29.7 Å². The third-order valence-corrected chi connectivity index (χ3v) is 3.97. The highest BCUT2D eigenvalue weighted by atomic mass is 16.7. The molecule has 1 saturated heterocycles. The first-order valence-corrected chi connectivity index (χ1v) is 8.03. The molecule has 1 fully saturated rings. The van der Waals surface area contributed by atoms with Crippen LogP contribution >= 0.6 is 0 Å². The topological polar surface area (TPSA) is 89.1 Å². The Morgan fingerprint density at radius 2 is 2.25 bits per heavy atom. The molecule has 0 unspecified atom stereocenters. The second kappa shape index (κ2) is 7.29. The maximum atomic E-state index is 12.2. The van der Waals surface area contributed by atoms with Crippen molar-refractivity contribution in [2.24, 2.45) is 0 Å². The van der Waals surface area contributed by atoms with Gasteiger partial charge in [-0.3, -0.25) is 4.79 Å². The molecule has 1 aromatic rings.